The van der Waals surface area contributed by atoms with Crippen LogP contribution in [0.3, 0.4) is 0 Å². The highest BCUT2D eigenvalue weighted by Gasteiger charge is 1.71. The van der Waals surface area contributed by atoms with Crippen molar-refractivity contribution in [2.45, 2.75) is 0 Å². The maximum atomic E-state index is 9.05. The molecule has 0 N–H and O–H groups in total. The molecule has 0 amide bonds. The van der Waals surface area contributed by atoms with Gasteiger partial charge >= 0.3 is 6.47 Å². The molecule has 0 aliphatic carbocycles. The smallest absolute Gasteiger partial charge is 0.419 e. The molecule has 0 fully saturated rings. The summed E-state index contributed by atoms with van der Waals surface area (Å²) in [6.45, 7) is 0.735. The van der Waals surface area contributed by atoms with Gasteiger partial charge in [-0.3, -0.25) is 0 Å². The maximum absolute atomic E-state index is 9.05. The van der Waals surface area contributed by atoms with Crippen LogP contribution in [-0.2, 0) is 9.53 Å². The van der Waals surface area contributed by atoms with E-state index < -0.39 is 0 Å². The molecule has 0 atom stereocenters. The number of nitrogens with zero attached hydrogens (tertiary/aromatic N) is 2. The van der Waals surface area contributed by atoms with E-state index in [4.69, 9.17) is 10.3 Å². The quantitative estimate of drug-likeness (QED) is 0.336. The third-order valence-corrected chi connectivity index (χ3v) is 0.181. The molecule has 0 rings (SSSR count). The van der Waals surface area contributed by atoms with E-state index in [1.54, 1.807) is 0 Å². The van der Waals surface area contributed by atoms with Gasteiger partial charge in [0.25, 0.3) is 0 Å². The fourth-order valence-corrected chi connectivity index (χ4v) is 0.0552. The molecule has 0 saturated heterocycles. The number of hydrogen-bond acceptors (Lipinski definition) is 3. The Morgan fingerprint density at radius 2 is 2.67 bits per heavy atom. The van der Waals surface area contributed by atoms with Crippen molar-refractivity contribution in [3.05, 3.63) is 0 Å². The van der Waals surface area contributed by atoms with Crippen LogP contribution in [0, 0.1) is 0 Å². The molecule has 0 aliphatic rings. The molecular weight excluding hydrogens is 84.0 g/mol. The largest absolute Gasteiger partial charge is 0.432 e. The SMILES string of the molecule is [N]=NCO[C]=O. The monoisotopic (exact) mass is 86.0 g/mol. The summed E-state index contributed by atoms with van der Waals surface area (Å²) in [6, 6.07) is 0. The van der Waals surface area contributed by atoms with E-state index in [1.165, 1.54) is 0 Å². The highest BCUT2D eigenvalue weighted by molar-refractivity contribution is 5.37. The topological polar surface area (TPSA) is 61.0 Å². The summed E-state index contributed by atoms with van der Waals surface area (Å²) in [4.78, 5) is 9.05. The van der Waals surface area contributed by atoms with Gasteiger partial charge in [0, 0.05) is 0 Å². The minimum atomic E-state index is -0.330. The van der Waals surface area contributed by atoms with Gasteiger partial charge in [0.2, 0.25) is 6.73 Å². The van der Waals surface area contributed by atoms with Crippen LogP contribution in [-0.4, -0.2) is 13.2 Å². The molecule has 0 spiro atoms. The zero-order valence-electron chi connectivity index (χ0n) is 2.92. The number of hydrogen-bond donors (Lipinski definition) is 0. The molecule has 0 heterocycles. The second-order valence-electron chi connectivity index (χ2n) is 0.498. The van der Waals surface area contributed by atoms with Crippen LogP contribution in [0.25, 0.3) is 0 Å². The van der Waals surface area contributed by atoms with E-state index in [0.29, 0.717) is 0 Å². The van der Waals surface area contributed by atoms with Crippen LogP contribution in [0.2, 0.25) is 0 Å². The fraction of sp³-hybridized carbons (Fsp3) is 0.500. The second-order valence-corrected chi connectivity index (χ2v) is 0.498. The van der Waals surface area contributed by atoms with Crippen LogP contribution in [0.15, 0.2) is 5.11 Å². The van der Waals surface area contributed by atoms with Crippen molar-refractivity contribution in [2.24, 2.45) is 5.11 Å². The Hall–Kier alpha value is -0.930. The molecule has 4 nitrogen and oxygen atoms in total. The lowest BCUT2D eigenvalue weighted by molar-refractivity contribution is 0.283. The molecule has 0 aliphatic heterocycles. The molecule has 0 aromatic carbocycles. The molecule has 0 saturated carbocycles. The Balaban J connectivity index is 2.66. The Bertz CT molecular complexity index is 45.5. The normalized spacial score (nSPS) is 6.67. The first kappa shape index (κ1) is 5.07. The summed E-state index contributed by atoms with van der Waals surface area (Å²) in [5.41, 5.74) is 7.52. The van der Waals surface area contributed by atoms with Gasteiger partial charge in [-0.25, -0.2) is 4.79 Å². The molecular formula is C2H2N2O2. The van der Waals surface area contributed by atoms with Gasteiger partial charge in [0.15, 0.2) is 0 Å². The Kier molecular flexibility index (Phi) is 3.44. The molecule has 2 radical (unpaired) electrons. The Morgan fingerprint density at radius 1 is 2.00 bits per heavy atom. The van der Waals surface area contributed by atoms with Crippen LogP contribution >= 0.6 is 0 Å². The highest BCUT2D eigenvalue weighted by atomic mass is 16.5. The Labute approximate surface area is 34.6 Å². The average Bonchev–Trinajstić information content (AvgIpc) is 1.61. The summed E-state index contributed by atoms with van der Waals surface area (Å²) in [5.74, 6) is 0. The molecule has 0 bridgehead atoms. The van der Waals surface area contributed by atoms with Crippen LogP contribution in [0.5, 0.6) is 0 Å². The zero-order chi connectivity index (χ0) is 4.83. The molecule has 0 aromatic heterocycles. The van der Waals surface area contributed by atoms with Gasteiger partial charge in [-0.1, -0.05) is 0 Å². The van der Waals surface area contributed by atoms with Crippen molar-refractivity contribution in [1.82, 2.24) is 5.53 Å². The van der Waals surface area contributed by atoms with Crippen molar-refractivity contribution >= 4 is 6.47 Å². The summed E-state index contributed by atoms with van der Waals surface area (Å²) >= 11 is 0. The van der Waals surface area contributed by atoms with Gasteiger partial charge in [0.05, 0.1) is 0 Å². The summed E-state index contributed by atoms with van der Waals surface area (Å²) < 4.78 is 3.76. The van der Waals surface area contributed by atoms with Crippen molar-refractivity contribution in [3.63, 3.8) is 0 Å². The van der Waals surface area contributed by atoms with Gasteiger partial charge in [-0.2, -0.15) is 0 Å². The van der Waals surface area contributed by atoms with E-state index in [9.17, 15) is 0 Å². The number of carbonyl (C=O) groups excluding carboxylic acids is 1. The fourth-order valence-electron chi connectivity index (χ4n) is 0.0552. The standard InChI is InChI=1S/C2H2N2O2/c3-4-1-6-2-5/h1H2. The summed E-state index contributed by atoms with van der Waals surface area (Å²) in [5, 5.41) is 2.44. The van der Waals surface area contributed by atoms with Crippen LogP contribution in [0.4, 0.5) is 0 Å². The maximum Gasteiger partial charge on any atom is 0.419 e. The minimum absolute atomic E-state index is 0.330. The lowest BCUT2D eigenvalue weighted by Gasteiger charge is -1.77. The van der Waals surface area contributed by atoms with Crippen molar-refractivity contribution < 1.29 is 9.53 Å². The van der Waals surface area contributed by atoms with E-state index in [2.05, 4.69) is 9.85 Å². The van der Waals surface area contributed by atoms with Crippen molar-refractivity contribution in [1.29, 1.82) is 0 Å². The Morgan fingerprint density at radius 3 is 2.83 bits per heavy atom. The second kappa shape index (κ2) is 4.07. The van der Waals surface area contributed by atoms with Gasteiger partial charge in [-0.05, 0) is 5.53 Å². The van der Waals surface area contributed by atoms with Crippen LogP contribution in [0.1, 0.15) is 0 Å². The molecule has 0 unspecified atom stereocenters. The van der Waals surface area contributed by atoms with E-state index in [1.807, 2.05) is 0 Å². The first-order valence-electron chi connectivity index (χ1n) is 1.21. The summed E-state index contributed by atoms with van der Waals surface area (Å²) in [7, 11) is 0. The highest BCUT2D eigenvalue weighted by Crippen LogP contribution is 1.61. The first-order valence-corrected chi connectivity index (χ1v) is 1.21. The predicted octanol–water partition coefficient (Wildman–Crippen LogP) is -0.720. The van der Waals surface area contributed by atoms with Gasteiger partial charge < -0.3 is 4.74 Å². The third kappa shape index (κ3) is 3.07. The lowest BCUT2D eigenvalue weighted by atomic mass is 11.3. The molecule has 32 valence electrons. The first-order chi connectivity index (χ1) is 2.91. The molecule has 4 heteroatoms. The van der Waals surface area contributed by atoms with Crippen molar-refractivity contribution in [2.75, 3.05) is 6.73 Å². The van der Waals surface area contributed by atoms with E-state index in [0.717, 1.165) is 6.47 Å². The lowest BCUT2D eigenvalue weighted by Crippen LogP contribution is -1.83. The van der Waals surface area contributed by atoms with Crippen LogP contribution < -0.4 is 5.53 Å². The van der Waals surface area contributed by atoms with E-state index >= 15 is 0 Å². The predicted molar refractivity (Wildman–Crippen MR) is 16.2 cm³/mol. The van der Waals surface area contributed by atoms with E-state index in [-0.39, 0.29) is 6.73 Å². The minimum Gasteiger partial charge on any atom is -0.432 e. The zero-order valence-corrected chi connectivity index (χ0v) is 2.92. The molecule has 0 aromatic rings. The van der Waals surface area contributed by atoms with Gasteiger partial charge in [0.1, 0.15) is 0 Å². The third-order valence-electron chi connectivity index (χ3n) is 0.181. The summed E-state index contributed by atoms with van der Waals surface area (Å²) in [6.07, 6.45) is 0. The molecule has 6 heavy (non-hydrogen) atoms. The van der Waals surface area contributed by atoms with Gasteiger partial charge in [-0.15, -0.1) is 5.11 Å². The number of rotatable bonds is 3. The van der Waals surface area contributed by atoms with Crippen molar-refractivity contribution in [3.8, 4) is 0 Å². The number of ether oxygens (including phenoxy) is 1. The average molecular weight is 86.0 g/mol.